The van der Waals surface area contributed by atoms with Gasteiger partial charge in [0.15, 0.2) is 0 Å². The zero-order valence-electron chi connectivity index (χ0n) is 11.3. The molecule has 2 N–H and O–H groups in total. The normalized spacial score (nSPS) is 16.2. The fourth-order valence-electron chi connectivity index (χ4n) is 1.37. The van der Waals surface area contributed by atoms with E-state index in [1.807, 2.05) is 13.8 Å². The van der Waals surface area contributed by atoms with Gasteiger partial charge in [-0.1, -0.05) is 13.8 Å². The molecule has 0 rings (SSSR count). The number of aliphatic hydroxyl groups is 2. The van der Waals surface area contributed by atoms with E-state index >= 15 is 0 Å². The summed E-state index contributed by atoms with van der Waals surface area (Å²) in [6.45, 7) is 9.04. The molecule has 4 nitrogen and oxygen atoms in total. The monoisotopic (exact) mass is 244 g/mol. The second-order valence-corrected chi connectivity index (χ2v) is 5.47. The number of carbonyl (C=O) groups excluding carboxylic acids is 1. The summed E-state index contributed by atoms with van der Waals surface area (Å²) in [5.41, 5.74) is -0.541. The molecule has 2 atom stereocenters. The predicted octanol–water partition coefficient (Wildman–Crippen LogP) is 1.51. The van der Waals surface area contributed by atoms with E-state index in [4.69, 9.17) is 9.84 Å². The van der Waals surface area contributed by atoms with E-state index in [-0.39, 0.29) is 18.4 Å². The molecule has 0 saturated heterocycles. The molecule has 0 aliphatic heterocycles. The minimum atomic E-state index is -0.840. The van der Waals surface area contributed by atoms with Crippen LogP contribution in [0.5, 0.6) is 0 Å². The highest BCUT2D eigenvalue weighted by Crippen LogP contribution is 2.16. The zero-order chi connectivity index (χ0) is 13.6. The molecule has 0 aliphatic rings. The maximum atomic E-state index is 11.4. The lowest BCUT2D eigenvalue weighted by Crippen LogP contribution is -2.27. The first kappa shape index (κ1) is 16.1. The lowest BCUT2D eigenvalue weighted by atomic mass is 9.91. The van der Waals surface area contributed by atoms with E-state index in [1.165, 1.54) is 12.2 Å². The van der Waals surface area contributed by atoms with Crippen LogP contribution in [0.4, 0.5) is 0 Å². The molecular weight excluding hydrogens is 220 g/mol. The Balaban J connectivity index is 4.37. The number of carbonyl (C=O) groups is 1. The maximum absolute atomic E-state index is 11.4. The van der Waals surface area contributed by atoms with E-state index in [9.17, 15) is 9.90 Å². The molecule has 17 heavy (non-hydrogen) atoms. The molecule has 0 heterocycles. The molecular formula is C13H24O4. The van der Waals surface area contributed by atoms with Crippen LogP contribution in [0.1, 0.15) is 34.6 Å². The summed E-state index contributed by atoms with van der Waals surface area (Å²) in [6.07, 6.45) is 1.74. The average Bonchev–Trinajstić information content (AvgIpc) is 2.12. The summed E-state index contributed by atoms with van der Waals surface area (Å²) < 4.78 is 5.06. The summed E-state index contributed by atoms with van der Waals surface area (Å²) in [6, 6.07) is 0. The van der Waals surface area contributed by atoms with Crippen LogP contribution in [-0.4, -0.2) is 34.5 Å². The molecule has 0 spiro atoms. The number of hydrogen-bond acceptors (Lipinski definition) is 4. The quantitative estimate of drug-likeness (QED) is 0.568. The molecule has 0 fully saturated rings. The summed E-state index contributed by atoms with van der Waals surface area (Å²) in [5.74, 6) is -0.621. The van der Waals surface area contributed by atoms with Crippen LogP contribution in [0.3, 0.4) is 0 Å². The van der Waals surface area contributed by atoms with Crippen LogP contribution >= 0.6 is 0 Å². The Morgan fingerprint density at radius 1 is 1.35 bits per heavy atom. The van der Waals surface area contributed by atoms with Gasteiger partial charge in [-0.15, -0.1) is 0 Å². The molecule has 0 aromatic heterocycles. The van der Waals surface area contributed by atoms with E-state index in [1.54, 1.807) is 20.8 Å². The first-order valence-electron chi connectivity index (χ1n) is 5.87. The van der Waals surface area contributed by atoms with Crippen molar-refractivity contribution in [1.82, 2.24) is 0 Å². The Hall–Kier alpha value is -0.870. The second kappa shape index (κ2) is 6.77. The Morgan fingerprint density at radius 3 is 2.24 bits per heavy atom. The summed E-state index contributed by atoms with van der Waals surface area (Å²) >= 11 is 0. The van der Waals surface area contributed by atoms with Crippen molar-refractivity contribution in [3.05, 3.63) is 12.2 Å². The van der Waals surface area contributed by atoms with Gasteiger partial charge in [-0.2, -0.15) is 0 Å². The van der Waals surface area contributed by atoms with Crippen molar-refractivity contribution in [2.75, 3.05) is 6.61 Å². The smallest absolute Gasteiger partial charge is 0.331 e. The fraction of sp³-hybridized carbons (Fsp3) is 0.769. The van der Waals surface area contributed by atoms with Gasteiger partial charge < -0.3 is 14.9 Å². The Bertz CT molecular complexity index is 263. The van der Waals surface area contributed by atoms with E-state index < -0.39 is 17.7 Å². The van der Waals surface area contributed by atoms with E-state index in [2.05, 4.69) is 0 Å². The highest BCUT2D eigenvalue weighted by Gasteiger charge is 2.20. The van der Waals surface area contributed by atoms with Crippen LogP contribution < -0.4 is 0 Å². The average molecular weight is 244 g/mol. The van der Waals surface area contributed by atoms with Crippen molar-refractivity contribution in [2.24, 2.45) is 11.8 Å². The molecule has 0 aromatic carbocycles. The fourth-order valence-corrected chi connectivity index (χ4v) is 1.37. The van der Waals surface area contributed by atoms with Crippen molar-refractivity contribution in [3.63, 3.8) is 0 Å². The van der Waals surface area contributed by atoms with Gasteiger partial charge in [0.1, 0.15) is 5.60 Å². The van der Waals surface area contributed by atoms with Crippen molar-refractivity contribution < 1.29 is 19.7 Å². The standard InChI is InChI=1S/C13H24O4/c1-9(2)10(8-14)11(15)6-7-12(16)17-13(3,4)5/h6-7,9-11,14-15H,8H2,1-5H3/b7-6+/t10-,11+/m0/s1. The van der Waals surface area contributed by atoms with Gasteiger partial charge in [0.2, 0.25) is 0 Å². The Kier molecular flexibility index (Phi) is 6.42. The van der Waals surface area contributed by atoms with Gasteiger partial charge >= 0.3 is 5.97 Å². The SMILES string of the molecule is CC(C)[C@H](CO)[C@H](O)/C=C/C(=O)OC(C)(C)C. The molecule has 0 bridgehead atoms. The second-order valence-electron chi connectivity index (χ2n) is 5.47. The molecule has 0 saturated carbocycles. The highest BCUT2D eigenvalue weighted by molar-refractivity contribution is 5.82. The predicted molar refractivity (Wildman–Crippen MR) is 66.4 cm³/mol. The zero-order valence-corrected chi connectivity index (χ0v) is 11.3. The highest BCUT2D eigenvalue weighted by atomic mass is 16.6. The number of hydrogen-bond donors (Lipinski definition) is 2. The van der Waals surface area contributed by atoms with Gasteiger partial charge in [0.05, 0.1) is 6.10 Å². The first-order chi connectivity index (χ1) is 7.67. The minimum Gasteiger partial charge on any atom is -0.457 e. The topological polar surface area (TPSA) is 66.8 Å². The van der Waals surface area contributed by atoms with Gasteiger partial charge in [0, 0.05) is 18.6 Å². The lowest BCUT2D eigenvalue weighted by molar-refractivity contribution is -0.148. The Labute approximate surface area is 103 Å². The molecule has 0 amide bonds. The number of aliphatic hydroxyl groups excluding tert-OH is 2. The summed E-state index contributed by atoms with van der Waals surface area (Å²) in [5, 5.41) is 18.9. The lowest BCUT2D eigenvalue weighted by Gasteiger charge is -2.22. The first-order valence-corrected chi connectivity index (χ1v) is 5.87. The van der Waals surface area contributed by atoms with Crippen molar-refractivity contribution in [2.45, 2.75) is 46.3 Å². The van der Waals surface area contributed by atoms with Gasteiger partial charge in [0.25, 0.3) is 0 Å². The third kappa shape index (κ3) is 7.13. The molecule has 100 valence electrons. The van der Waals surface area contributed by atoms with Crippen LogP contribution in [0.15, 0.2) is 12.2 Å². The third-order valence-corrected chi connectivity index (χ3v) is 2.34. The molecule has 4 heteroatoms. The summed E-state index contributed by atoms with van der Waals surface area (Å²) in [4.78, 5) is 11.4. The number of esters is 1. The Morgan fingerprint density at radius 2 is 1.88 bits per heavy atom. The van der Waals surface area contributed by atoms with Crippen molar-refractivity contribution >= 4 is 5.97 Å². The largest absolute Gasteiger partial charge is 0.457 e. The van der Waals surface area contributed by atoms with Crippen LogP contribution in [0, 0.1) is 11.8 Å². The van der Waals surface area contributed by atoms with E-state index in [0.29, 0.717) is 0 Å². The molecule has 0 aliphatic carbocycles. The maximum Gasteiger partial charge on any atom is 0.331 e. The van der Waals surface area contributed by atoms with Gasteiger partial charge in [-0.3, -0.25) is 0 Å². The van der Waals surface area contributed by atoms with Crippen LogP contribution in [0.2, 0.25) is 0 Å². The van der Waals surface area contributed by atoms with Crippen LogP contribution in [0.25, 0.3) is 0 Å². The summed E-state index contributed by atoms with van der Waals surface area (Å²) in [7, 11) is 0. The molecule has 0 aromatic rings. The van der Waals surface area contributed by atoms with Gasteiger partial charge in [-0.25, -0.2) is 4.79 Å². The van der Waals surface area contributed by atoms with E-state index in [0.717, 1.165) is 0 Å². The van der Waals surface area contributed by atoms with Crippen LogP contribution in [-0.2, 0) is 9.53 Å². The van der Waals surface area contributed by atoms with Gasteiger partial charge in [-0.05, 0) is 32.8 Å². The number of rotatable bonds is 5. The molecule has 0 radical (unpaired) electrons. The van der Waals surface area contributed by atoms with Crippen molar-refractivity contribution in [1.29, 1.82) is 0 Å². The molecule has 0 unspecified atom stereocenters. The minimum absolute atomic E-state index is 0.114. The number of ether oxygens (including phenoxy) is 1. The third-order valence-electron chi connectivity index (χ3n) is 2.34. The van der Waals surface area contributed by atoms with Crippen molar-refractivity contribution in [3.8, 4) is 0 Å².